The molecule has 0 radical (unpaired) electrons. The zero-order chi connectivity index (χ0) is 14.7. The number of carboxylic acid groups (broad SMARTS) is 1. The fourth-order valence-corrected chi connectivity index (χ4v) is 2.93. The first-order valence-electron chi connectivity index (χ1n) is 6.37. The van der Waals surface area contributed by atoms with Crippen LogP contribution >= 0.6 is 11.8 Å². The Kier molecular flexibility index (Phi) is 4.95. The Morgan fingerprint density at radius 2 is 2.05 bits per heavy atom. The second-order valence-corrected chi connectivity index (χ2v) is 5.65. The molecule has 2 rings (SSSR count). The average molecular weight is 298 g/mol. The van der Waals surface area contributed by atoms with Crippen molar-refractivity contribution in [2.24, 2.45) is 0 Å². The number of nitrogens with zero attached hydrogens (tertiary/aromatic N) is 2. The SMILES string of the molecule is COC(CSc1nc(C2CC2)nc(C)c1C(=O)O)OC. The van der Waals surface area contributed by atoms with Gasteiger partial charge < -0.3 is 14.6 Å². The molecule has 1 aromatic heterocycles. The Bertz CT molecular complexity index is 501. The Labute approximate surface area is 121 Å². The number of aromatic nitrogens is 2. The fourth-order valence-electron chi connectivity index (χ4n) is 1.82. The van der Waals surface area contributed by atoms with Gasteiger partial charge in [-0.15, -0.1) is 11.8 Å². The standard InChI is InChI=1S/C13H18N2O4S/c1-7-10(13(16)17)12(20-6-9(18-2)19-3)15-11(14-7)8-4-5-8/h8-9H,4-6H2,1-3H3,(H,16,17). The number of rotatable bonds is 7. The first kappa shape index (κ1) is 15.2. The number of aryl methyl sites for hydroxylation is 1. The van der Waals surface area contributed by atoms with Gasteiger partial charge in [0.2, 0.25) is 0 Å². The van der Waals surface area contributed by atoms with Crippen LogP contribution in [0, 0.1) is 6.92 Å². The summed E-state index contributed by atoms with van der Waals surface area (Å²) in [5.74, 6) is 0.616. The maximum atomic E-state index is 11.4. The molecule has 0 spiro atoms. The van der Waals surface area contributed by atoms with Gasteiger partial charge in [-0.2, -0.15) is 0 Å². The molecule has 1 aliphatic carbocycles. The van der Waals surface area contributed by atoms with E-state index in [9.17, 15) is 9.90 Å². The van der Waals surface area contributed by atoms with E-state index in [2.05, 4.69) is 9.97 Å². The highest BCUT2D eigenvalue weighted by atomic mass is 32.2. The van der Waals surface area contributed by atoms with Crippen LogP contribution in [0.25, 0.3) is 0 Å². The highest BCUT2D eigenvalue weighted by Crippen LogP contribution is 2.39. The molecule has 1 fully saturated rings. The lowest BCUT2D eigenvalue weighted by Crippen LogP contribution is -2.17. The van der Waals surface area contributed by atoms with Crippen LogP contribution in [0.15, 0.2) is 5.03 Å². The summed E-state index contributed by atoms with van der Waals surface area (Å²) in [5.41, 5.74) is 0.689. The minimum absolute atomic E-state index is 0.172. The van der Waals surface area contributed by atoms with Crippen molar-refractivity contribution in [1.29, 1.82) is 0 Å². The lowest BCUT2D eigenvalue weighted by molar-refractivity contribution is -0.0842. The largest absolute Gasteiger partial charge is 0.478 e. The molecule has 20 heavy (non-hydrogen) atoms. The van der Waals surface area contributed by atoms with Crippen LogP contribution in [0.1, 0.15) is 40.6 Å². The first-order chi connectivity index (χ1) is 9.56. The summed E-state index contributed by atoms with van der Waals surface area (Å²) in [6.45, 7) is 1.71. The minimum Gasteiger partial charge on any atom is -0.478 e. The van der Waals surface area contributed by atoms with E-state index in [0.717, 1.165) is 18.7 Å². The number of carboxylic acids is 1. The van der Waals surface area contributed by atoms with Gasteiger partial charge in [-0.25, -0.2) is 14.8 Å². The van der Waals surface area contributed by atoms with Gasteiger partial charge in [0, 0.05) is 20.1 Å². The summed E-state index contributed by atoms with van der Waals surface area (Å²) < 4.78 is 10.2. The molecule has 110 valence electrons. The van der Waals surface area contributed by atoms with E-state index in [1.165, 1.54) is 11.8 Å². The molecule has 0 unspecified atom stereocenters. The molecular weight excluding hydrogens is 280 g/mol. The first-order valence-corrected chi connectivity index (χ1v) is 7.35. The lowest BCUT2D eigenvalue weighted by atomic mass is 10.2. The van der Waals surface area contributed by atoms with Gasteiger partial charge in [-0.1, -0.05) is 0 Å². The topological polar surface area (TPSA) is 81.5 Å². The summed E-state index contributed by atoms with van der Waals surface area (Å²) in [7, 11) is 3.10. The van der Waals surface area contributed by atoms with Gasteiger partial charge in [0.1, 0.15) is 16.4 Å². The van der Waals surface area contributed by atoms with Crippen LogP contribution in [0.3, 0.4) is 0 Å². The van der Waals surface area contributed by atoms with Crippen LogP contribution in [0.5, 0.6) is 0 Å². The molecule has 1 aromatic rings. The molecule has 1 saturated carbocycles. The molecule has 0 saturated heterocycles. The molecule has 0 aliphatic heterocycles. The Morgan fingerprint density at radius 1 is 1.40 bits per heavy atom. The van der Waals surface area contributed by atoms with Crippen molar-refractivity contribution in [3.8, 4) is 0 Å². The highest BCUT2D eigenvalue weighted by Gasteiger charge is 2.29. The predicted octanol–water partition coefficient (Wildman–Crippen LogP) is 2.07. The zero-order valence-corrected chi connectivity index (χ0v) is 12.6. The number of methoxy groups -OCH3 is 2. The Hall–Kier alpha value is -1.18. The predicted molar refractivity (Wildman–Crippen MR) is 74.2 cm³/mol. The number of hydrogen-bond acceptors (Lipinski definition) is 6. The highest BCUT2D eigenvalue weighted by molar-refractivity contribution is 7.99. The molecule has 7 heteroatoms. The third-order valence-corrected chi connectivity index (χ3v) is 4.12. The van der Waals surface area contributed by atoms with Crippen molar-refractivity contribution in [1.82, 2.24) is 9.97 Å². The van der Waals surface area contributed by atoms with E-state index in [4.69, 9.17) is 9.47 Å². The maximum Gasteiger partial charge on any atom is 0.340 e. The van der Waals surface area contributed by atoms with Crippen molar-refractivity contribution in [3.63, 3.8) is 0 Å². The van der Waals surface area contributed by atoms with Crippen LogP contribution < -0.4 is 0 Å². The van der Waals surface area contributed by atoms with Crippen LogP contribution in [0.2, 0.25) is 0 Å². The average Bonchev–Trinajstić information content (AvgIpc) is 3.23. The van der Waals surface area contributed by atoms with Crippen LogP contribution in [0.4, 0.5) is 0 Å². The molecule has 0 aromatic carbocycles. The van der Waals surface area contributed by atoms with E-state index in [-0.39, 0.29) is 11.9 Å². The second-order valence-electron chi connectivity index (χ2n) is 4.64. The van der Waals surface area contributed by atoms with Crippen molar-refractivity contribution in [3.05, 3.63) is 17.1 Å². The number of aromatic carboxylic acids is 1. The van der Waals surface area contributed by atoms with Crippen LogP contribution in [-0.4, -0.2) is 47.3 Å². The molecule has 1 N–H and O–H groups in total. The number of ether oxygens (including phenoxy) is 2. The van der Waals surface area contributed by atoms with Crippen LogP contribution in [-0.2, 0) is 9.47 Å². The molecule has 6 nitrogen and oxygen atoms in total. The summed E-state index contributed by atoms with van der Waals surface area (Å²) in [5, 5.41) is 9.81. The molecule has 0 atom stereocenters. The smallest absolute Gasteiger partial charge is 0.340 e. The van der Waals surface area contributed by atoms with Crippen molar-refractivity contribution in [2.45, 2.75) is 37.0 Å². The van der Waals surface area contributed by atoms with E-state index < -0.39 is 5.97 Å². The monoisotopic (exact) mass is 298 g/mol. The van der Waals surface area contributed by atoms with Gasteiger partial charge in [0.15, 0.2) is 6.29 Å². The molecule has 1 heterocycles. The minimum atomic E-state index is -1.00. The van der Waals surface area contributed by atoms with Gasteiger partial charge in [-0.3, -0.25) is 0 Å². The molecule has 0 bridgehead atoms. The third kappa shape index (κ3) is 3.47. The van der Waals surface area contributed by atoms with E-state index in [1.54, 1.807) is 21.1 Å². The second kappa shape index (κ2) is 6.51. The summed E-state index contributed by atoms with van der Waals surface area (Å²) in [6.07, 6.45) is 1.77. The maximum absolute atomic E-state index is 11.4. The third-order valence-electron chi connectivity index (χ3n) is 3.11. The summed E-state index contributed by atoms with van der Waals surface area (Å²) in [4.78, 5) is 20.1. The zero-order valence-electron chi connectivity index (χ0n) is 11.8. The summed E-state index contributed by atoms with van der Waals surface area (Å²) in [6, 6.07) is 0. The number of thioether (sulfide) groups is 1. The van der Waals surface area contributed by atoms with Gasteiger partial charge in [0.25, 0.3) is 0 Å². The van der Waals surface area contributed by atoms with E-state index >= 15 is 0 Å². The van der Waals surface area contributed by atoms with E-state index in [1.807, 2.05) is 0 Å². The lowest BCUT2D eigenvalue weighted by Gasteiger charge is -2.14. The Balaban J connectivity index is 2.25. The normalized spacial score (nSPS) is 14.8. The quantitative estimate of drug-likeness (QED) is 0.469. The number of hydrogen-bond donors (Lipinski definition) is 1. The molecular formula is C13H18N2O4S. The van der Waals surface area contributed by atoms with E-state index in [0.29, 0.717) is 22.4 Å². The van der Waals surface area contributed by atoms with Crippen molar-refractivity contribution >= 4 is 17.7 Å². The Morgan fingerprint density at radius 3 is 2.55 bits per heavy atom. The van der Waals surface area contributed by atoms with Gasteiger partial charge in [-0.05, 0) is 19.8 Å². The van der Waals surface area contributed by atoms with Gasteiger partial charge in [0.05, 0.1) is 11.4 Å². The molecule has 0 amide bonds. The number of carbonyl (C=O) groups is 1. The van der Waals surface area contributed by atoms with Gasteiger partial charge >= 0.3 is 5.97 Å². The van der Waals surface area contributed by atoms with Crippen molar-refractivity contribution in [2.75, 3.05) is 20.0 Å². The van der Waals surface area contributed by atoms with Crippen molar-refractivity contribution < 1.29 is 19.4 Å². The fraction of sp³-hybridized carbons (Fsp3) is 0.615. The molecule has 1 aliphatic rings. The summed E-state index contributed by atoms with van der Waals surface area (Å²) >= 11 is 1.32.